The van der Waals surface area contributed by atoms with Crippen LogP contribution in [0.3, 0.4) is 0 Å². The van der Waals surface area contributed by atoms with E-state index in [4.69, 9.17) is 5.73 Å². The summed E-state index contributed by atoms with van der Waals surface area (Å²) in [7, 11) is 0. The van der Waals surface area contributed by atoms with Gasteiger partial charge in [-0.1, -0.05) is 0 Å². The van der Waals surface area contributed by atoms with E-state index in [-0.39, 0.29) is 6.04 Å². The fourth-order valence-corrected chi connectivity index (χ4v) is 5.56. The number of nitrogens with two attached hydrogens (primary N) is 1. The quantitative estimate of drug-likeness (QED) is 0.849. The van der Waals surface area contributed by atoms with E-state index in [1.165, 1.54) is 44.2 Å². The smallest absolute Gasteiger partial charge is 0.0451 e. The van der Waals surface area contributed by atoms with Crippen molar-refractivity contribution in [1.82, 2.24) is 4.57 Å². The average molecular weight is 244 g/mol. The van der Waals surface area contributed by atoms with Gasteiger partial charge in [-0.15, -0.1) is 0 Å². The highest BCUT2D eigenvalue weighted by Gasteiger charge is 2.52. The Hall–Kier alpha value is -0.760. The lowest BCUT2D eigenvalue weighted by Gasteiger charge is -2.58. The number of hydrogen-bond acceptors (Lipinski definition) is 1. The zero-order valence-corrected chi connectivity index (χ0v) is 11.3. The molecule has 1 atom stereocenters. The molecule has 4 bridgehead atoms. The van der Waals surface area contributed by atoms with Gasteiger partial charge in [0.1, 0.15) is 0 Å². The normalized spacial score (nSPS) is 43.3. The first-order valence-electron chi connectivity index (χ1n) is 7.60. The fourth-order valence-electron chi connectivity index (χ4n) is 5.56. The molecule has 0 spiro atoms. The molecule has 1 heterocycles. The van der Waals surface area contributed by atoms with Gasteiger partial charge in [0.15, 0.2) is 0 Å². The molecular formula is C16H24N2. The van der Waals surface area contributed by atoms with Gasteiger partial charge in [0.25, 0.3) is 0 Å². The third-order valence-corrected chi connectivity index (χ3v) is 5.76. The summed E-state index contributed by atoms with van der Waals surface area (Å²) >= 11 is 0. The number of hydrogen-bond donors (Lipinski definition) is 1. The molecule has 5 rings (SSSR count). The number of rotatable bonds is 2. The van der Waals surface area contributed by atoms with E-state index in [9.17, 15) is 0 Å². The molecular weight excluding hydrogens is 220 g/mol. The van der Waals surface area contributed by atoms with Gasteiger partial charge in [0.2, 0.25) is 0 Å². The monoisotopic (exact) mass is 244 g/mol. The first-order valence-corrected chi connectivity index (χ1v) is 7.60. The molecule has 1 aromatic heterocycles. The lowest BCUT2D eigenvalue weighted by molar-refractivity contribution is -0.0444. The van der Waals surface area contributed by atoms with Crippen molar-refractivity contribution >= 4 is 0 Å². The Bertz CT molecular complexity index is 422. The second-order valence-electron chi connectivity index (χ2n) is 7.23. The Morgan fingerprint density at radius 3 is 2.22 bits per heavy atom. The van der Waals surface area contributed by atoms with Crippen molar-refractivity contribution in [1.29, 1.82) is 0 Å². The SMILES string of the molecule is CC(N)c1cccn1C12CC3CC(CC(C3)C1)C2. The maximum atomic E-state index is 6.16. The Labute approximate surface area is 110 Å². The van der Waals surface area contributed by atoms with E-state index >= 15 is 0 Å². The molecule has 4 aliphatic rings. The van der Waals surface area contributed by atoms with Crippen LogP contribution in [0.1, 0.15) is 57.2 Å². The minimum Gasteiger partial charge on any atom is -0.344 e. The second-order valence-corrected chi connectivity index (χ2v) is 7.23. The lowest BCUT2D eigenvalue weighted by Crippen LogP contribution is -2.52. The van der Waals surface area contributed by atoms with Crippen molar-refractivity contribution in [3.8, 4) is 0 Å². The molecule has 2 nitrogen and oxygen atoms in total. The summed E-state index contributed by atoms with van der Waals surface area (Å²) in [6.45, 7) is 2.12. The standard InChI is InChI=1S/C16H24N2/c1-11(17)15-3-2-4-18(15)16-8-12-5-13(9-16)7-14(6-12)10-16/h2-4,11-14H,5-10,17H2,1H3. The van der Waals surface area contributed by atoms with Gasteiger partial charge in [-0.25, -0.2) is 0 Å². The molecule has 4 saturated carbocycles. The summed E-state index contributed by atoms with van der Waals surface area (Å²) in [5.41, 5.74) is 7.93. The van der Waals surface area contributed by atoms with Crippen LogP contribution in [0.4, 0.5) is 0 Å². The van der Waals surface area contributed by atoms with Crippen LogP contribution in [-0.4, -0.2) is 4.57 Å². The van der Waals surface area contributed by atoms with E-state index in [1.54, 1.807) is 0 Å². The van der Waals surface area contributed by atoms with E-state index in [2.05, 4.69) is 29.8 Å². The molecule has 1 unspecified atom stereocenters. The van der Waals surface area contributed by atoms with Gasteiger partial charge in [-0.05, 0) is 75.3 Å². The van der Waals surface area contributed by atoms with Crippen molar-refractivity contribution < 1.29 is 0 Å². The molecule has 1 aromatic rings. The van der Waals surface area contributed by atoms with Gasteiger partial charge in [0, 0.05) is 23.5 Å². The van der Waals surface area contributed by atoms with Crippen molar-refractivity contribution in [3.63, 3.8) is 0 Å². The zero-order chi connectivity index (χ0) is 12.3. The number of aromatic nitrogens is 1. The van der Waals surface area contributed by atoms with Gasteiger partial charge in [-0.2, -0.15) is 0 Å². The maximum Gasteiger partial charge on any atom is 0.0451 e. The van der Waals surface area contributed by atoms with E-state index in [0.717, 1.165) is 17.8 Å². The Balaban J connectivity index is 1.77. The summed E-state index contributed by atoms with van der Waals surface area (Å²) in [5.74, 6) is 3.00. The zero-order valence-electron chi connectivity index (χ0n) is 11.3. The minimum atomic E-state index is 0.160. The van der Waals surface area contributed by atoms with Gasteiger partial charge >= 0.3 is 0 Å². The molecule has 2 N–H and O–H groups in total. The molecule has 4 fully saturated rings. The molecule has 2 heteroatoms. The number of nitrogens with zero attached hydrogens (tertiary/aromatic N) is 1. The molecule has 0 aromatic carbocycles. The predicted octanol–water partition coefficient (Wildman–Crippen LogP) is 3.43. The van der Waals surface area contributed by atoms with Gasteiger partial charge in [0.05, 0.1) is 0 Å². The van der Waals surface area contributed by atoms with Crippen LogP contribution < -0.4 is 5.73 Å². The molecule has 18 heavy (non-hydrogen) atoms. The largest absolute Gasteiger partial charge is 0.344 e. The van der Waals surface area contributed by atoms with Crippen molar-refractivity contribution in [2.75, 3.05) is 0 Å². The highest BCUT2D eigenvalue weighted by atomic mass is 15.1. The Kier molecular flexibility index (Phi) is 2.24. The third-order valence-electron chi connectivity index (χ3n) is 5.76. The summed E-state index contributed by atoms with van der Waals surface area (Å²) in [4.78, 5) is 0. The lowest BCUT2D eigenvalue weighted by atomic mass is 9.53. The van der Waals surface area contributed by atoms with E-state index in [0.29, 0.717) is 5.54 Å². The van der Waals surface area contributed by atoms with Crippen LogP contribution in [0.25, 0.3) is 0 Å². The van der Waals surface area contributed by atoms with Crippen molar-refractivity contribution in [2.45, 2.75) is 57.0 Å². The molecule has 0 saturated heterocycles. The molecule has 0 aliphatic heterocycles. The molecule has 0 radical (unpaired) electrons. The van der Waals surface area contributed by atoms with Gasteiger partial charge in [-0.3, -0.25) is 0 Å². The molecule has 0 amide bonds. The Morgan fingerprint density at radius 1 is 1.17 bits per heavy atom. The summed E-state index contributed by atoms with van der Waals surface area (Å²) < 4.78 is 2.57. The van der Waals surface area contributed by atoms with Crippen LogP contribution >= 0.6 is 0 Å². The predicted molar refractivity (Wildman–Crippen MR) is 73.2 cm³/mol. The highest BCUT2D eigenvalue weighted by Crippen LogP contribution is 2.59. The van der Waals surface area contributed by atoms with E-state index < -0.39 is 0 Å². The van der Waals surface area contributed by atoms with Crippen molar-refractivity contribution in [2.24, 2.45) is 23.5 Å². The average Bonchev–Trinajstić information content (AvgIpc) is 2.76. The molecule has 4 aliphatic carbocycles. The molecule has 98 valence electrons. The van der Waals surface area contributed by atoms with Gasteiger partial charge < -0.3 is 10.3 Å². The second kappa shape index (κ2) is 3.63. The summed E-state index contributed by atoms with van der Waals surface area (Å²) in [5, 5.41) is 0. The van der Waals surface area contributed by atoms with Crippen LogP contribution in [-0.2, 0) is 5.54 Å². The summed E-state index contributed by atoms with van der Waals surface area (Å²) in [6, 6.07) is 4.58. The highest BCUT2D eigenvalue weighted by molar-refractivity contribution is 5.17. The van der Waals surface area contributed by atoms with Crippen LogP contribution in [0, 0.1) is 17.8 Å². The van der Waals surface area contributed by atoms with Crippen LogP contribution in [0.2, 0.25) is 0 Å². The van der Waals surface area contributed by atoms with E-state index in [1.807, 2.05) is 0 Å². The van der Waals surface area contributed by atoms with Crippen LogP contribution in [0.5, 0.6) is 0 Å². The third kappa shape index (κ3) is 1.45. The Morgan fingerprint density at radius 2 is 1.72 bits per heavy atom. The summed E-state index contributed by atoms with van der Waals surface area (Å²) in [6.07, 6.45) is 11.1. The topological polar surface area (TPSA) is 30.9 Å². The first kappa shape index (κ1) is 11.1. The fraction of sp³-hybridized carbons (Fsp3) is 0.750. The van der Waals surface area contributed by atoms with Crippen molar-refractivity contribution in [3.05, 3.63) is 24.0 Å². The maximum absolute atomic E-state index is 6.16. The first-order chi connectivity index (χ1) is 8.66. The minimum absolute atomic E-state index is 0.160. The van der Waals surface area contributed by atoms with Crippen LogP contribution in [0.15, 0.2) is 18.3 Å².